The van der Waals surface area contributed by atoms with Crippen molar-refractivity contribution in [3.63, 3.8) is 0 Å². The summed E-state index contributed by atoms with van der Waals surface area (Å²) in [4.78, 5) is 11.8. The van der Waals surface area contributed by atoms with Crippen LogP contribution in [0.3, 0.4) is 0 Å². The van der Waals surface area contributed by atoms with Gasteiger partial charge in [-0.1, -0.05) is 42.1 Å². The maximum atomic E-state index is 11.8. The molecule has 2 rings (SSSR count). The van der Waals surface area contributed by atoms with Gasteiger partial charge in [0, 0.05) is 24.8 Å². The smallest absolute Gasteiger partial charge is 0.209 e. The number of tetrazole rings is 1. The van der Waals surface area contributed by atoms with Crippen molar-refractivity contribution in [2.45, 2.75) is 24.4 Å². The van der Waals surface area contributed by atoms with Crippen LogP contribution in [-0.4, -0.2) is 31.7 Å². The zero-order valence-corrected chi connectivity index (χ0v) is 11.6. The third kappa shape index (κ3) is 4.17. The second-order valence-corrected chi connectivity index (χ2v) is 5.24. The Bertz CT molecular complexity index is 526. The summed E-state index contributed by atoms with van der Waals surface area (Å²) in [5.41, 5.74) is 0.799. The Hall–Kier alpha value is -1.69. The molecule has 5 nitrogen and oxygen atoms in total. The number of aromatic nitrogens is 4. The maximum absolute atomic E-state index is 11.8. The lowest BCUT2D eigenvalue weighted by Crippen LogP contribution is -1.99. The third-order valence-corrected chi connectivity index (χ3v) is 3.80. The molecule has 1 heterocycles. The van der Waals surface area contributed by atoms with Crippen LogP contribution in [0.15, 0.2) is 35.5 Å². The summed E-state index contributed by atoms with van der Waals surface area (Å²) < 4.78 is 1.65. The molecule has 19 heavy (non-hydrogen) atoms. The molecule has 0 spiro atoms. The van der Waals surface area contributed by atoms with E-state index in [1.54, 1.807) is 16.4 Å². The van der Waals surface area contributed by atoms with Crippen LogP contribution in [0.25, 0.3) is 0 Å². The van der Waals surface area contributed by atoms with Crippen molar-refractivity contribution < 1.29 is 4.79 Å². The summed E-state index contributed by atoms with van der Waals surface area (Å²) in [6, 6.07) is 9.43. The second kappa shape index (κ2) is 7.04. The molecule has 0 aliphatic rings. The number of ketones is 1. The lowest BCUT2D eigenvalue weighted by atomic mass is 10.1. The number of Topliss-reactive ketones (excluding diaryl/α,β-unsaturated/α-hetero) is 1. The van der Waals surface area contributed by atoms with Crippen LogP contribution in [0.4, 0.5) is 0 Å². The second-order valence-electron chi connectivity index (χ2n) is 4.18. The van der Waals surface area contributed by atoms with Crippen LogP contribution in [0.2, 0.25) is 0 Å². The Kier molecular flexibility index (Phi) is 5.09. The van der Waals surface area contributed by atoms with Crippen LogP contribution < -0.4 is 0 Å². The lowest BCUT2D eigenvalue weighted by Gasteiger charge is -2.01. The molecule has 0 bridgehead atoms. The van der Waals surface area contributed by atoms with Crippen molar-refractivity contribution >= 4 is 17.5 Å². The van der Waals surface area contributed by atoms with Crippen molar-refractivity contribution in [3.05, 3.63) is 35.9 Å². The quantitative estimate of drug-likeness (QED) is 0.441. The van der Waals surface area contributed by atoms with E-state index in [4.69, 9.17) is 0 Å². The van der Waals surface area contributed by atoms with Gasteiger partial charge in [0.15, 0.2) is 5.78 Å². The summed E-state index contributed by atoms with van der Waals surface area (Å²) in [5.74, 6) is 1.14. The van der Waals surface area contributed by atoms with Gasteiger partial charge in [-0.2, -0.15) is 0 Å². The molecule has 0 fully saturated rings. The number of aryl methyl sites for hydroxylation is 1. The van der Waals surface area contributed by atoms with Gasteiger partial charge < -0.3 is 0 Å². The normalized spacial score (nSPS) is 10.6. The molecule has 0 aliphatic heterocycles. The number of rotatable bonds is 7. The fraction of sp³-hybridized carbons (Fsp3) is 0.385. The molecule has 0 saturated heterocycles. The minimum Gasteiger partial charge on any atom is -0.294 e. The van der Waals surface area contributed by atoms with E-state index >= 15 is 0 Å². The van der Waals surface area contributed by atoms with E-state index in [2.05, 4.69) is 15.5 Å². The number of hydrogen-bond acceptors (Lipinski definition) is 5. The van der Waals surface area contributed by atoms with E-state index in [1.165, 1.54) is 0 Å². The van der Waals surface area contributed by atoms with Crippen molar-refractivity contribution in [1.82, 2.24) is 20.2 Å². The van der Waals surface area contributed by atoms with Crippen molar-refractivity contribution in [2.75, 3.05) is 5.75 Å². The van der Waals surface area contributed by atoms with Gasteiger partial charge >= 0.3 is 0 Å². The lowest BCUT2D eigenvalue weighted by molar-refractivity contribution is 0.0980. The largest absolute Gasteiger partial charge is 0.294 e. The van der Waals surface area contributed by atoms with E-state index < -0.39 is 0 Å². The first kappa shape index (κ1) is 13.7. The summed E-state index contributed by atoms with van der Waals surface area (Å²) in [7, 11) is 1.82. The van der Waals surface area contributed by atoms with Gasteiger partial charge in [-0.25, -0.2) is 4.68 Å². The molecule has 0 unspecified atom stereocenters. The molecule has 0 aliphatic carbocycles. The Morgan fingerprint density at radius 3 is 2.74 bits per heavy atom. The minimum absolute atomic E-state index is 0.214. The van der Waals surface area contributed by atoms with Crippen LogP contribution in [0.1, 0.15) is 29.6 Å². The summed E-state index contributed by atoms with van der Waals surface area (Å²) >= 11 is 1.62. The van der Waals surface area contributed by atoms with E-state index in [-0.39, 0.29) is 5.78 Å². The van der Waals surface area contributed by atoms with Crippen LogP contribution in [-0.2, 0) is 7.05 Å². The number of unbranched alkanes of at least 4 members (excludes halogenated alkanes) is 1. The van der Waals surface area contributed by atoms with E-state index in [9.17, 15) is 4.79 Å². The first-order chi connectivity index (χ1) is 9.27. The molecular weight excluding hydrogens is 260 g/mol. The van der Waals surface area contributed by atoms with Crippen molar-refractivity contribution in [1.29, 1.82) is 0 Å². The molecule has 2 aromatic rings. The van der Waals surface area contributed by atoms with Gasteiger partial charge in [0.25, 0.3) is 0 Å². The Morgan fingerprint density at radius 1 is 1.26 bits per heavy atom. The van der Waals surface area contributed by atoms with Gasteiger partial charge in [-0.3, -0.25) is 4.79 Å². The molecule has 0 radical (unpaired) electrons. The summed E-state index contributed by atoms with van der Waals surface area (Å²) in [6.07, 6.45) is 2.48. The van der Waals surface area contributed by atoms with Crippen LogP contribution in [0.5, 0.6) is 0 Å². The predicted molar refractivity (Wildman–Crippen MR) is 74.1 cm³/mol. The van der Waals surface area contributed by atoms with Gasteiger partial charge in [0.2, 0.25) is 5.16 Å². The number of benzene rings is 1. The highest BCUT2D eigenvalue weighted by molar-refractivity contribution is 7.99. The molecule has 0 saturated carbocycles. The molecule has 0 atom stereocenters. The number of nitrogens with zero attached hydrogens (tertiary/aromatic N) is 4. The minimum atomic E-state index is 0.214. The summed E-state index contributed by atoms with van der Waals surface area (Å²) in [6.45, 7) is 0. The van der Waals surface area contributed by atoms with Crippen molar-refractivity contribution in [2.24, 2.45) is 7.05 Å². The zero-order valence-electron chi connectivity index (χ0n) is 10.8. The molecule has 1 aromatic carbocycles. The highest BCUT2D eigenvalue weighted by Crippen LogP contribution is 2.15. The van der Waals surface area contributed by atoms with Crippen LogP contribution in [0, 0.1) is 0 Å². The van der Waals surface area contributed by atoms with Crippen molar-refractivity contribution in [3.8, 4) is 0 Å². The topological polar surface area (TPSA) is 60.7 Å². The Labute approximate surface area is 116 Å². The molecule has 1 aromatic heterocycles. The fourth-order valence-electron chi connectivity index (χ4n) is 1.66. The van der Waals surface area contributed by atoms with E-state index in [1.807, 2.05) is 37.4 Å². The number of thioether (sulfide) groups is 1. The SMILES string of the molecule is Cn1nnnc1SCCCCC(=O)c1ccccc1. The molecule has 6 heteroatoms. The number of hydrogen-bond donors (Lipinski definition) is 0. The average molecular weight is 276 g/mol. The molecule has 0 amide bonds. The standard InChI is InChI=1S/C13H16N4OS/c1-17-13(14-15-16-17)19-10-6-5-9-12(18)11-7-3-2-4-8-11/h2-4,7-8H,5-6,9-10H2,1H3. The monoisotopic (exact) mass is 276 g/mol. The zero-order chi connectivity index (χ0) is 13.5. The first-order valence-electron chi connectivity index (χ1n) is 6.21. The molecule has 0 N–H and O–H groups in total. The van der Waals surface area contributed by atoms with Gasteiger partial charge in [-0.05, 0) is 23.3 Å². The highest BCUT2D eigenvalue weighted by atomic mass is 32.2. The maximum Gasteiger partial charge on any atom is 0.209 e. The van der Waals surface area contributed by atoms with Gasteiger partial charge in [0.1, 0.15) is 0 Å². The summed E-state index contributed by atoms with van der Waals surface area (Å²) in [5, 5.41) is 12.0. The highest BCUT2D eigenvalue weighted by Gasteiger charge is 2.05. The fourth-order valence-corrected chi connectivity index (χ4v) is 2.51. The Balaban J connectivity index is 1.65. The van der Waals surface area contributed by atoms with E-state index in [0.717, 1.165) is 29.3 Å². The number of carbonyl (C=O) groups excluding carboxylic acids is 1. The predicted octanol–water partition coefficient (Wildman–Crippen LogP) is 2.36. The number of carbonyl (C=O) groups is 1. The van der Waals surface area contributed by atoms with E-state index in [0.29, 0.717) is 6.42 Å². The molecule has 100 valence electrons. The average Bonchev–Trinajstić information content (AvgIpc) is 2.85. The Morgan fingerprint density at radius 2 is 2.05 bits per heavy atom. The van der Waals surface area contributed by atoms with Gasteiger partial charge in [0.05, 0.1) is 0 Å². The third-order valence-electron chi connectivity index (χ3n) is 2.71. The van der Waals surface area contributed by atoms with Crippen LogP contribution >= 0.6 is 11.8 Å². The first-order valence-corrected chi connectivity index (χ1v) is 7.19. The molecular formula is C13H16N4OS. The van der Waals surface area contributed by atoms with Gasteiger partial charge in [-0.15, -0.1) is 5.10 Å².